The molecule has 106 valence electrons. The second-order valence-corrected chi connectivity index (χ2v) is 6.31. The van der Waals surface area contributed by atoms with Crippen molar-refractivity contribution >= 4 is 15.9 Å². The summed E-state index contributed by atoms with van der Waals surface area (Å²) in [5.41, 5.74) is 0.385. The van der Waals surface area contributed by atoms with Crippen LogP contribution in [0.3, 0.4) is 0 Å². The summed E-state index contributed by atoms with van der Waals surface area (Å²) in [6.07, 6.45) is 2.13. The Bertz CT molecular complexity index is 632. The van der Waals surface area contributed by atoms with E-state index < -0.39 is 16.1 Å². The fourth-order valence-corrected chi connectivity index (χ4v) is 3.25. The number of amides is 1. The van der Waals surface area contributed by atoms with Crippen LogP contribution in [0.25, 0.3) is 0 Å². The molecule has 2 rings (SSSR count). The zero-order valence-corrected chi connectivity index (χ0v) is 11.6. The Labute approximate surface area is 117 Å². The van der Waals surface area contributed by atoms with Crippen LogP contribution in [-0.4, -0.2) is 26.9 Å². The summed E-state index contributed by atoms with van der Waals surface area (Å²) in [5, 5.41) is 11.4. The average molecular weight is 293 g/mol. The second kappa shape index (κ2) is 6.03. The number of benzene rings is 1. The molecule has 0 bridgehead atoms. The first-order chi connectivity index (χ1) is 9.53. The predicted octanol–water partition coefficient (Wildman–Crippen LogP) is 0.505. The smallest absolute Gasteiger partial charge is 0.241 e. The molecule has 1 atom stereocenters. The number of rotatable bonds is 3. The van der Waals surface area contributed by atoms with Crippen molar-refractivity contribution in [3.63, 3.8) is 0 Å². The van der Waals surface area contributed by atoms with Gasteiger partial charge in [-0.15, -0.1) is 0 Å². The number of hydrogen-bond donors (Lipinski definition) is 2. The Morgan fingerprint density at radius 2 is 1.95 bits per heavy atom. The highest BCUT2D eigenvalue weighted by Gasteiger charge is 2.26. The normalized spacial score (nSPS) is 19.8. The van der Waals surface area contributed by atoms with Crippen molar-refractivity contribution in [1.29, 1.82) is 5.26 Å². The van der Waals surface area contributed by atoms with E-state index in [1.165, 1.54) is 24.3 Å². The van der Waals surface area contributed by atoms with Crippen LogP contribution in [0.5, 0.6) is 0 Å². The van der Waals surface area contributed by atoms with Gasteiger partial charge in [0.1, 0.15) is 6.04 Å². The van der Waals surface area contributed by atoms with E-state index in [1.54, 1.807) is 0 Å². The highest BCUT2D eigenvalue weighted by molar-refractivity contribution is 7.89. The molecule has 1 aromatic rings. The molecule has 1 aliphatic rings. The molecule has 1 heterocycles. The molecule has 0 aromatic heterocycles. The van der Waals surface area contributed by atoms with Crippen LogP contribution in [0.1, 0.15) is 24.8 Å². The zero-order chi connectivity index (χ0) is 14.6. The van der Waals surface area contributed by atoms with E-state index in [-0.39, 0.29) is 10.8 Å². The molecule has 1 aliphatic heterocycles. The van der Waals surface area contributed by atoms with E-state index in [9.17, 15) is 13.2 Å². The van der Waals surface area contributed by atoms with Gasteiger partial charge >= 0.3 is 0 Å². The summed E-state index contributed by atoms with van der Waals surface area (Å²) in [7, 11) is -3.75. The van der Waals surface area contributed by atoms with Gasteiger partial charge in [-0.1, -0.05) is 0 Å². The third-order valence-electron chi connectivity index (χ3n) is 3.13. The number of carbonyl (C=O) groups is 1. The molecule has 0 saturated carbocycles. The van der Waals surface area contributed by atoms with E-state index in [0.717, 1.165) is 12.8 Å². The molecular formula is C13H15N3O3S. The third-order valence-corrected chi connectivity index (χ3v) is 4.61. The van der Waals surface area contributed by atoms with Crippen LogP contribution in [0, 0.1) is 11.3 Å². The Hall–Kier alpha value is -1.91. The van der Waals surface area contributed by atoms with Crippen LogP contribution in [0.2, 0.25) is 0 Å². The minimum absolute atomic E-state index is 0.0496. The molecule has 6 nitrogen and oxygen atoms in total. The van der Waals surface area contributed by atoms with Crippen LogP contribution in [-0.2, 0) is 14.8 Å². The molecule has 0 unspecified atom stereocenters. The van der Waals surface area contributed by atoms with Crippen LogP contribution in [0.15, 0.2) is 29.2 Å². The van der Waals surface area contributed by atoms with Gasteiger partial charge < -0.3 is 5.32 Å². The van der Waals surface area contributed by atoms with Gasteiger partial charge in [-0.25, -0.2) is 8.42 Å². The van der Waals surface area contributed by atoms with Gasteiger partial charge in [-0.2, -0.15) is 9.98 Å². The summed E-state index contributed by atoms with van der Waals surface area (Å²) in [5.74, 6) is -0.292. The van der Waals surface area contributed by atoms with Gasteiger partial charge in [0.05, 0.1) is 16.5 Å². The van der Waals surface area contributed by atoms with E-state index in [1.807, 2.05) is 6.07 Å². The standard InChI is InChI=1S/C13H15N3O3S/c14-9-10-4-6-11(7-5-10)20(18,19)16-12-3-1-2-8-15-13(12)17/h4-7,12,16H,1-3,8H2,(H,15,17)/t12-/m0/s1. The molecule has 1 saturated heterocycles. The second-order valence-electron chi connectivity index (χ2n) is 4.60. The summed E-state index contributed by atoms with van der Waals surface area (Å²) < 4.78 is 26.8. The van der Waals surface area contributed by atoms with Crippen LogP contribution < -0.4 is 10.0 Å². The molecule has 20 heavy (non-hydrogen) atoms. The maximum atomic E-state index is 12.2. The van der Waals surface area contributed by atoms with Gasteiger partial charge in [-0.05, 0) is 43.5 Å². The van der Waals surface area contributed by atoms with Crippen molar-refractivity contribution in [1.82, 2.24) is 10.0 Å². The number of nitrogens with one attached hydrogen (secondary N) is 2. The highest BCUT2D eigenvalue weighted by Crippen LogP contribution is 2.13. The zero-order valence-electron chi connectivity index (χ0n) is 10.8. The number of hydrogen-bond acceptors (Lipinski definition) is 4. The molecule has 1 aromatic carbocycles. The molecule has 0 aliphatic carbocycles. The Balaban J connectivity index is 2.17. The number of nitriles is 1. The fraction of sp³-hybridized carbons (Fsp3) is 0.385. The molecule has 1 fully saturated rings. The van der Waals surface area contributed by atoms with Crippen molar-refractivity contribution < 1.29 is 13.2 Å². The van der Waals surface area contributed by atoms with E-state index in [4.69, 9.17) is 5.26 Å². The summed E-state index contributed by atoms with van der Waals surface area (Å²) >= 11 is 0. The number of carbonyl (C=O) groups excluding carboxylic acids is 1. The number of nitrogens with zero attached hydrogens (tertiary/aromatic N) is 1. The summed E-state index contributed by atoms with van der Waals surface area (Å²) in [4.78, 5) is 11.8. The highest BCUT2D eigenvalue weighted by atomic mass is 32.2. The maximum absolute atomic E-state index is 12.2. The van der Waals surface area contributed by atoms with E-state index in [2.05, 4.69) is 10.0 Å². The van der Waals surface area contributed by atoms with Crippen molar-refractivity contribution in [3.8, 4) is 6.07 Å². The van der Waals surface area contributed by atoms with Gasteiger partial charge in [0.25, 0.3) is 0 Å². The third kappa shape index (κ3) is 3.35. The van der Waals surface area contributed by atoms with Gasteiger partial charge in [0, 0.05) is 6.54 Å². The van der Waals surface area contributed by atoms with Gasteiger partial charge in [0.2, 0.25) is 15.9 Å². The first kappa shape index (κ1) is 14.5. The fourth-order valence-electron chi connectivity index (χ4n) is 2.02. The monoisotopic (exact) mass is 293 g/mol. The minimum Gasteiger partial charge on any atom is -0.355 e. The van der Waals surface area contributed by atoms with Crippen LogP contribution >= 0.6 is 0 Å². The maximum Gasteiger partial charge on any atom is 0.241 e. The Morgan fingerprint density at radius 1 is 1.25 bits per heavy atom. The topological polar surface area (TPSA) is 99.1 Å². The largest absolute Gasteiger partial charge is 0.355 e. The molecular weight excluding hydrogens is 278 g/mol. The molecule has 1 amide bonds. The van der Waals surface area contributed by atoms with Crippen LogP contribution in [0.4, 0.5) is 0 Å². The van der Waals surface area contributed by atoms with Crippen molar-refractivity contribution in [2.45, 2.75) is 30.2 Å². The first-order valence-corrected chi connectivity index (χ1v) is 7.81. The number of sulfonamides is 1. The molecule has 0 radical (unpaired) electrons. The lowest BCUT2D eigenvalue weighted by Crippen LogP contribution is -2.45. The minimum atomic E-state index is -3.75. The van der Waals surface area contributed by atoms with E-state index >= 15 is 0 Å². The van der Waals surface area contributed by atoms with Gasteiger partial charge in [-0.3, -0.25) is 4.79 Å². The first-order valence-electron chi connectivity index (χ1n) is 6.33. The predicted molar refractivity (Wildman–Crippen MR) is 72.1 cm³/mol. The average Bonchev–Trinajstić information content (AvgIpc) is 2.64. The molecule has 0 spiro atoms. The Morgan fingerprint density at radius 3 is 2.60 bits per heavy atom. The SMILES string of the molecule is N#Cc1ccc(S(=O)(=O)N[C@H]2CCCCNC2=O)cc1. The summed E-state index contributed by atoms with van der Waals surface area (Å²) in [6, 6.07) is 6.76. The Kier molecular flexibility index (Phi) is 4.37. The van der Waals surface area contributed by atoms with Crippen molar-refractivity contribution in [2.75, 3.05) is 6.54 Å². The van der Waals surface area contributed by atoms with Gasteiger partial charge in [0.15, 0.2) is 0 Å². The lowest BCUT2D eigenvalue weighted by atomic mass is 10.1. The van der Waals surface area contributed by atoms with E-state index in [0.29, 0.717) is 18.5 Å². The lowest BCUT2D eigenvalue weighted by Gasteiger charge is -2.15. The molecule has 7 heteroatoms. The quantitative estimate of drug-likeness (QED) is 0.848. The lowest BCUT2D eigenvalue weighted by molar-refractivity contribution is -0.122. The molecule has 2 N–H and O–H groups in total. The summed E-state index contributed by atoms with van der Waals surface area (Å²) in [6.45, 7) is 0.577. The van der Waals surface area contributed by atoms with Crippen molar-refractivity contribution in [2.24, 2.45) is 0 Å². The van der Waals surface area contributed by atoms with Crippen molar-refractivity contribution in [3.05, 3.63) is 29.8 Å².